The van der Waals surface area contributed by atoms with Gasteiger partial charge in [0.25, 0.3) is 0 Å². The summed E-state index contributed by atoms with van der Waals surface area (Å²) in [4.78, 5) is 2.34. The lowest BCUT2D eigenvalue weighted by atomic mass is 9.98. The van der Waals surface area contributed by atoms with Crippen LogP contribution in [0.3, 0.4) is 0 Å². The van der Waals surface area contributed by atoms with Crippen molar-refractivity contribution in [3.63, 3.8) is 0 Å². The van der Waals surface area contributed by atoms with Gasteiger partial charge in [0, 0.05) is 24.5 Å². The zero-order valence-corrected chi connectivity index (χ0v) is 9.80. The van der Waals surface area contributed by atoms with Crippen LogP contribution in [0.1, 0.15) is 27.7 Å². The highest BCUT2D eigenvalue weighted by atomic mass is 15.2. The molecule has 0 aromatic rings. The van der Waals surface area contributed by atoms with Crippen molar-refractivity contribution in [2.75, 3.05) is 19.6 Å². The molecule has 14 heavy (non-hydrogen) atoms. The molecule has 2 unspecified atom stereocenters. The molecule has 2 N–H and O–H groups in total. The van der Waals surface area contributed by atoms with Crippen LogP contribution in [0.25, 0.3) is 0 Å². The van der Waals surface area contributed by atoms with E-state index in [1.165, 1.54) is 0 Å². The van der Waals surface area contributed by atoms with Gasteiger partial charge in [0.1, 0.15) is 0 Å². The highest BCUT2D eigenvalue weighted by Crippen LogP contribution is 2.14. The van der Waals surface area contributed by atoms with E-state index in [2.05, 4.69) is 44.4 Å². The minimum absolute atomic E-state index is 0.119. The van der Waals surface area contributed by atoms with Gasteiger partial charge in [-0.25, -0.2) is 0 Å². The average molecular weight is 194 g/mol. The fraction of sp³-hybridized carbons (Fsp3) is 0.833. The first kappa shape index (κ1) is 11.6. The van der Waals surface area contributed by atoms with Gasteiger partial charge < -0.3 is 5.73 Å². The van der Waals surface area contributed by atoms with Crippen LogP contribution in [0, 0.1) is 23.2 Å². The topological polar surface area (TPSA) is 29.3 Å². The molecule has 1 saturated heterocycles. The van der Waals surface area contributed by atoms with Gasteiger partial charge in [-0.3, -0.25) is 4.90 Å². The second-order valence-electron chi connectivity index (χ2n) is 5.39. The molecular weight excluding hydrogens is 172 g/mol. The summed E-state index contributed by atoms with van der Waals surface area (Å²) < 4.78 is 0. The normalized spacial score (nSPS) is 28.6. The molecule has 0 aromatic carbocycles. The van der Waals surface area contributed by atoms with Gasteiger partial charge in [-0.15, -0.1) is 0 Å². The van der Waals surface area contributed by atoms with Crippen molar-refractivity contribution in [1.82, 2.24) is 4.90 Å². The van der Waals surface area contributed by atoms with Gasteiger partial charge >= 0.3 is 0 Å². The lowest BCUT2D eigenvalue weighted by Crippen LogP contribution is -2.28. The number of nitrogens with two attached hydrogens (primary N) is 1. The number of nitrogens with zero attached hydrogens (tertiary/aromatic N) is 1. The maximum atomic E-state index is 5.94. The van der Waals surface area contributed by atoms with E-state index in [1.807, 2.05) is 0 Å². The van der Waals surface area contributed by atoms with Crippen LogP contribution in [0.2, 0.25) is 0 Å². The summed E-state index contributed by atoms with van der Waals surface area (Å²) in [6, 6.07) is 0.339. The zero-order valence-electron chi connectivity index (χ0n) is 9.80. The summed E-state index contributed by atoms with van der Waals surface area (Å²) in [7, 11) is 0. The van der Waals surface area contributed by atoms with Crippen molar-refractivity contribution in [2.24, 2.45) is 17.1 Å². The Hall–Kier alpha value is -0.520. The predicted molar refractivity (Wildman–Crippen MR) is 60.8 cm³/mol. The maximum Gasteiger partial charge on any atom is 0.0602 e. The summed E-state index contributed by atoms with van der Waals surface area (Å²) >= 11 is 0. The van der Waals surface area contributed by atoms with Crippen molar-refractivity contribution in [3.8, 4) is 11.8 Å². The van der Waals surface area contributed by atoms with E-state index in [1.54, 1.807) is 0 Å². The third-order valence-corrected chi connectivity index (χ3v) is 2.51. The lowest BCUT2D eigenvalue weighted by molar-refractivity contribution is 0.367. The number of likely N-dealkylation sites (tertiary alicyclic amines) is 1. The summed E-state index contributed by atoms with van der Waals surface area (Å²) in [5, 5.41) is 0. The Morgan fingerprint density at radius 1 is 1.36 bits per heavy atom. The monoisotopic (exact) mass is 194 g/mol. The Labute approximate surface area is 87.8 Å². The highest BCUT2D eigenvalue weighted by Gasteiger charge is 2.25. The largest absolute Gasteiger partial charge is 0.326 e. The lowest BCUT2D eigenvalue weighted by Gasteiger charge is -2.11. The van der Waals surface area contributed by atoms with Crippen molar-refractivity contribution in [1.29, 1.82) is 0 Å². The standard InChI is InChI=1S/C12H22N2/c1-10-8-14(9-11(10)13)7-5-6-12(2,3)4/h10-11H,7-9,13H2,1-4H3. The first-order valence-corrected chi connectivity index (χ1v) is 5.36. The van der Waals surface area contributed by atoms with Gasteiger partial charge in [-0.05, 0) is 26.7 Å². The van der Waals surface area contributed by atoms with Crippen LogP contribution in [0.5, 0.6) is 0 Å². The molecule has 0 bridgehead atoms. The fourth-order valence-electron chi connectivity index (χ4n) is 1.64. The molecule has 2 heteroatoms. The smallest absolute Gasteiger partial charge is 0.0602 e. The molecule has 0 spiro atoms. The zero-order chi connectivity index (χ0) is 10.8. The summed E-state index contributed by atoms with van der Waals surface area (Å²) in [6.45, 7) is 11.6. The minimum atomic E-state index is 0.119. The van der Waals surface area contributed by atoms with Crippen molar-refractivity contribution in [2.45, 2.75) is 33.7 Å². The summed E-state index contributed by atoms with van der Waals surface area (Å²) in [5.41, 5.74) is 6.05. The molecule has 80 valence electrons. The van der Waals surface area contributed by atoms with E-state index >= 15 is 0 Å². The third-order valence-electron chi connectivity index (χ3n) is 2.51. The second-order valence-corrected chi connectivity index (χ2v) is 5.39. The quantitative estimate of drug-likeness (QED) is 0.638. The first-order chi connectivity index (χ1) is 6.38. The maximum absolute atomic E-state index is 5.94. The van der Waals surface area contributed by atoms with E-state index in [4.69, 9.17) is 5.73 Å². The van der Waals surface area contributed by atoms with Gasteiger partial charge in [-0.1, -0.05) is 18.8 Å². The molecule has 0 saturated carbocycles. The summed E-state index contributed by atoms with van der Waals surface area (Å²) in [6.07, 6.45) is 0. The minimum Gasteiger partial charge on any atom is -0.326 e. The molecule has 0 radical (unpaired) electrons. The van der Waals surface area contributed by atoms with Gasteiger partial charge in [0.2, 0.25) is 0 Å². The third kappa shape index (κ3) is 3.69. The van der Waals surface area contributed by atoms with Crippen LogP contribution in [0.4, 0.5) is 0 Å². The van der Waals surface area contributed by atoms with E-state index in [0.717, 1.165) is 19.6 Å². The van der Waals surface area contributed by atoms with Crippen LogP contribution in [-0.4, -0.2) is 30.6 Å². The highest BCUT2D eigenvalue weighted by molar-refractivity contribution is 5.09. The van der Waals surface area contributed by atoms with E-state index in [-0.39, 0.29) is 5.41 Å². The average Bonchev–Trinajstić information content (AvgIpc) is 2.28. The molecule has 2 nitrogen and oxygen atoms in total. The molecule has 0 aromatic heterocycles. The Balaban J connectivity index is 2.36. The molecule has 1 heterocycles. The Bertz CT molecular complexity index is 231. The van der Waals surface area contributed by atoms with Gasteiger partial charge in [0.15, 0.2) is 0 Å². The Kier molecular flexibility index (Phi) is 3.58. The SMILES string of the molecule is CC1CN(CC#CC(C)(C)C)CC1N. The Morgan fingerprint density at radius 2 is 2.00 bits per heavy atom. The van der Waals surface area contributed by atoms with Gasteiger partial charge in [0.05, 0.1) is 6.54 Å². The van der Waals surface area contributed by atoms with Crippen molar-refractivity contribution < 1.29 is 0 Å². The van der Waals surface area contributed by atoms with Crippen LogP contribution < -0.4 is 5.73 Å². The second kappa shape index (κ2) is 4.33. The molecular formula is C12H22N2. The summed E-state index contributed by atoms with van der Waals surface area (Å²) in [5.74, 6) is 7.09. The first-order valence-electron chi connectivity index (χ1n) is 5.36. The van der Waals surface area contributed by atoms with Crippen molar-refractivity contribution in [3.05, 3.63) is 0 Å². The number of hydrogen-bond acceptors (Lipinski definition) is 2. The van der Waals surface area contributed by atoms with Crippen LogP contribution in [0.15, 0.2) is 0 Å². The van der Waals surface area contributed by atoms with E-state index in [9.17, 15) is 0 Å². The molecule has 1 aliphatic rings. The molecule has 0 amide bonds. The van der Waals surface area contributed by atoms with Crippen molar-refractivity contribution >= 4 is 0 Å². The Morgan fingerprint density at radius 3 is 2.43 bits per heavy atom. The fourth-order valence-corrected chi connectivity index (χ4v) is 1.64. The number of hydrogen-bond donors (Lipinski definition) is 1. The van der Waals surface area contributed by atoms with Crippen LogP contribution >= 0.6 is 0 Å². The molecule has 2 atom stereocenters. The molecule has 1 rings (SSSR count). The van der Waals surface area contributed by atoms with Crippen LogP contribution in [-0.2, 0) is 0 Å². The van der Waals surface area contributed by atoms with E-state index < -0.39 is 0 Å². The van der Waals surface area contributed by atoms with E-state index in [0.29, 0.717) is 12.0 Å². The number of rotatable bonds is 1. The molecule has 1 aliphatic heterocycles. The molecule has 1 fully saturated rings. The predicted octanol–water partition coefficient (Wildman–Crippen LogP) is 1.31. The van der Waals surface area contributed by atoms with Gasteiger partial charge in [-0.2, -0.15) is 0 Å². The molecule has 0 aliphatic carbocycles.